The van der Waals surface area contributed by atoms with Gasteiger partial charge in [-0.25, -0.2) is 0 Å². The van der Waals surface area contributed by atoms with Crippen LogP contribution in [0.25, 0.3) is 0 Å². The molecule has 0 fully saturated rings. The van der Waals surface area contributed by atoms with Crippen LogP contribution in [-0.4, -0.2) is 28.9 Å². The predicted molar refractivity (Wildman–Crippen MR) is 143 cm³/mol. The third-order valence-corrected chi connectivity index (χ3v) is 6.83. The van der Waals surface area contributed by atoms with E-state index in [1.54, 1.807) is 24.3 Å². The Morgan fingerprint density at radius 1 is 0.973 bits per heavy atom. The van der Waals surface area contributed by atoms with Crippen molar-refractivity contribution in [2.75, 3.05) is 23.1 Å². The number of carbonyl (C=O) groups is 2. The first kappa shape index (κ1) is 24.1. The van der Waals surface area contributed by atoms with E-state index in [1.807, 2.05) is 54.6 Å². The average molecular weight is 514 g/mol. The van der Waals surface area contributed by atoms with E-state index in [4.69, 9.17) is 4.74 Å². The summed E-state index contributed by atoms with van der Waals surface area (Å²) in [6.45, 7) is 0. The van der Waals surface area contributed by atoms with Crippen molar-refractivity contribution >= 4 is 46.7 Å². The highest BCUT2D eigenvalue weighted by Gasteiger charge is 2.35. The molecule has 10 heteroatoms. The van der Waals surface area contributed by atoms with Crippen molar-refractivity contribution in [1.82, 2.24) is 9.97 Å². The molecule has 1 aromatic heterocycles. The van der Waals surface area contributed by atoms with Crippen LogP contribution in [0, 0.1) is 0 Å². The molecule has 37 heavy (non-hydrogen) atoms. The van der Waals surface area contributed by atoms with Crippen LogP contribution in [0.15, 0.2) is 93.4 Å². The topological polar surface area (TPSA) is 125 Å². The van der Waals surface area contributed by atoms with E-state index in [0.717, 1.165) is 9.79 Å². The van der Waals surface area contributed by atoms with E-state index in [9.17, 15) is 14.4 Å². The molecule has 0 unspecified atom stereocenters. The minimum atomic E-state index is -1.00. The summed E-state index contributed by atoms with van der Waals surface area (Å²) in [6.07, 6.45) is -0.170. The third kappa shape index (κ3) is 5.34. The average Bonchev–Trinajstić information content (AvgIpc) is 2.90. The number of ether oxygens (including phenoxy) is 1. The molecule has 3 aromatic carbocycles. The second-order valence-corrected chi connectivity index (χ2v) is 9.32. The van der Waals surface area contributed by atoms with Crippen molar-refractivity contribution < 1.29 is 14.3 Å². The number of H-pyrrole nitrogens is 1. The fourth-order valence-electron chi connectivity index (χ4n) is 4.02. The summed E-state index contributed by atoms with van der Waals surface area (Å²) in [5.41, 5.74) is 0.759. The molecule has 0 spiro atoms. The Balaban J connectivity index is 1.42. The summed E-state index contributed by atoms with van der Waals surface area (Å²) in [4.78, 5) is 47.9. The van der Waals surface area contributed by atoms with Gasteiger partial charge in [0.05, 0.1) is 30.0 Å². The number of hydrogen-bond acceptors (Lipinski definition) is 7. The number of nitrogens with zero attached hydrogens (tertiary/aromatic N) is 1. The number of hydrogen-bond donors (Lipinski definition) is 4. The highest BCUT2D eigenvalue weighted by Crippen LogP contribution is 2.35. The van der Waals surface area contributed by atoms with Crippen LogP contribution in [0.4, 0.5) is 23.1 Å². The number of aromatic amines is 1. The van der Waals surface area contributed by atoms with Crippen molar-refractivity contribution in [2.45, 2.75) is 22.1 Å². The third-order valence-electron chi connectivity index (χ3n) is 5.74. The molecule has 1 aliphatic heterocycles. The number of para-hydroxylation sites is 3. The zero-order valence-electron chi connectivity index (χ0n) is 19.8. The minimum Gasteiger partial charge on any atom is -0.495 e. The maximum absolute atomic E-state index is 13.4. The molecule has 0 radical (unpaired) electrons. The number of aromatic nitrogens is 2. The van der Waals surface area contributed by atoms with Crippen LogP contribution >= 0.6 is 11.8 Å². The second kappa shape index (κ2) is 10.6. The number of benzene rings is 3. The van der Waals surface area contributed by atoms with E-state index in [0.29, 0.717) is 17.1 Å². The second-order valence-electron chi connectivity index (χ2n) is 8.21. The largest absolute Gasteiger partial charge is 0.495 e. The molecule has 0 bridgehead atoms. The molecule has 1 aliphatic rings. The highest BCUT2D eigenvalue weighted by atomic mass is 32.2. The zero-order valence-corrected chi connectivity index (χ0v) is 20.6. The van der Waals surface area contributed by atoms with Crippen LogP contribution in [0.1, 0.15) is 17.9 Å². The van der Waals surface area contributed by atoms with Crippen LogP contribution in [0.5, 0.6) is 5.75 Å². The Bertz CT molecular complexity index is 1520. The Morgan fingerprint density at radius 3 is 2.46 bits per heavy atom. The summed E-state index contributed by atoms with van der Waals surface area (Å²) in [5, 5.41) is 8.53. The van der Waals surface area contributed by atoms with E-state index < -0.39 is 23.3 Å². The molecule has 0 aliphatic carbocycles. The number of fused-ring (bicyclic) bond motifs is 1. The fraction of sp³-hybridized carbons (Fsp3) is 0.111. The lowest BCUT2D eigenvalue weighted by atomic mass is 9.92. The molecule has 0 saturated heterocycles. The molecule has 186 valence electrons. The zero-order chi connectivity index (χ0) is 25.8. The lowest BCUT2D eigenvalue weighted by Crippen LogP contribution is -2.36. The Hall–Kier alpha value is -4.57. The summed E-state index contributed by atoms with van der Waals surface area (Å²) in [5.74, 6) is -1.16. The maximum atomic E-state index is 13.4. The van der Waals surface area contributed by atoms with E-state index in [-0.39, 0.29) is 23.8 Å². The van der Waals surface area contributed by atoms with Crippen LogP contribution in [0.3, 0.4) is 0 Å². The first-order valence-corrected chi connectivity index (χ1v) is 12.3. The minimum absolute atomic E-state index is 0.0458. The van der Waals surface area contributed by atoms with Gasteiger partial charge in [-0.15, -0.1) is 0 Å². The Kier molecular flexibility index (Phi) is 6.91. The monoisotopic (exact) mass is 513 g/mol. The van der Waals surface area contributed by atoms with Gasteiger partial charge in [0.1, 0.15) is 11.6 Å². The standard InChI is InChI=1S/C27H23N5O4S/c1-36-20-13-7-5-11-18(20)29-27-31-24-23(26(35)32-27)17(15-22(33)30-24)25(34)28-19-12-6-8-14-21(19)37-16-9-3-2-4-10-16/h2-14,17H,15H2,1H3,(H,28,34)(H3,29,30,31,32,33,35)/t17-/m1/s1. The van der Waals surface area contributed by atoms with Crippen molar-refractivity contribution in [1.29, 1.82) is 0 Å². The molecule has 1 atom stereocenters. The van der Waals surface area contributed by atoms with Gasteiger partial charge in [-0.05, 0) is 36.4 Å². The first-order valence-electron chi connectivity index (χ1n) is 11.5. The summed E-state index contributed by atoms with van der Waals surface area (Å²) in [7, 11) is 1.53. The fourth-order valence-corrected chi connectivity index (χ4v) is 4.95. The quantitative estimate of drug-likeness (QED) is 0.281. The van der Waals surface area contributed by atoms with Gasteiger partial charge < -0.3 is 20.7 Å². The lowest BCUT2D eigenvalue weighted by molar-refractivity contribution is -0.123. The molecule has 5 rings (SSSR count). The molecule has 9 nitrogen and oxygen atoms in total. The number of rotatable bonds is 7. The normalized spacial score (nSPS) is 14.3. The van der Waals surface area contributed by atoms with Gasteiger partial charge in [0.2, 0.25) is 17.8 Å². The van der Waals surface area contributed by atoms with Gasteiger partial charge in [-0.3, -0.25) is 19.4 Å². The number of methoxy groups -OCH3 is 1. The molecular formula is C27H23N5O4S. The Morgan fingerprint density at radius 2 is 1.68 bits per heavy atom. The first-order chi connectivity index (χ1) is 18.0. The predicted octanol–water partition coefficient (Wildman–Crippen LogP) is 4.74. The van der Waals surface area contributed by atoms with Crippen LogP contribution in [0.2, 0.25) is 0 Å². The van der Waals surface area contributed by atoms with Crippen molar-refractivity contribution in [2.24, 2.45) is 0 Å². The highest BCUT2D eigenvalue weighted by molar-refractivity contribution is 7.99. The van der Waals surface area contributed by atoms with E-state index >= 15 is 0 Å². The summed E-state index contributed by atoms with van der Waals surface area (Å²) in [6, 6.07) is 24.3. The molecular weight excluding hydrogens is 490 g/mol. The molecule has 0 saturated carbocycles. The molecule has 4 aromatic rings. The lowest BCUT2D eigenvalue weighted by Gasteiger charge is -2.24. The van der Waals surface area contributed by atoms with Gasteiger partial charge in [-0.1, -0.05) is 54.2 Å². The molecule has 4 N–H and O–H groups in total. The van der Waals surface area contributed by atoms with Gasteiger partial charge in [0, 0.05) is 16.2 Å². The van der Waals surface area contributed by atoms with Crippen LogP contribution in [-0.2, 0) is 9.59 Å². The van der Waals surface area contributed by atoms with Crippen molar-refractivity contribution in [3.05, 3.63) is 94.8 Å². The summed E-state index contributed by atoms with van der Waals surface area (Å²) >= 11 is 1.51. The van der Waals surface area contributed by atoms with Gasteiger partial charge >= 0.3 is 0 Å². The summed E-state index contributed by atoms with van der Waals surface area (Å²) < 4.78 is 5.32. The molecule has 2 amide bonds. The number of anilines is 4. The number of nitrogens with one attached hydrogen (secondary N) is 4. The van der Waals surface area contributed by atoms with E-state index in [1.165, 1.54) is 18.9 Å². The van der Waals surface area contributed by atoms with Gasteiger partial charge in [0.25, 0.3) is 5.56 Å². The van der Waals surface area contributed by atoms with Crippen LogP contribution < -0.4 is 26.2 Å². The smallest absolute Gasteiger partial charge is 0.258 e. The molecule has 2 heterocycles. The van der Waals surface area contributed by atoms with Crippen molar-refractivity contribution in [3.63, 3.8) is 0 Å². The maximum Gasteiger partial charge on any atom is 0.258 e. The van der Waals surface area contributed by atoms with E-state index in [2.05, 4.69) is 25.9 Å². The number of carbonyl (C=O) groups excluding carboxylic acids is 2. The van der Waals surface area contributed by atoms with Gasteiger partial charge in [-0.2, -0.15) is 4.98 Å². The van der Waals surface area contributed by atoms with Crippen molar-refractivity contribution in [3.8, 4) is 5.75 Å². The van der Waals surface area contributed by atoms with Gasteiger partial charge in [0.15, 0.2) is 0 Å². The number of amides is 2. The Labute approximate surface area is 216 Å². The SMILES string of the molecule is COc1ccccc1Nc1nc2c(c(=O)[nH]1)[C@H](C(=O)Nc1ccccc1Sc1ccccc1)CC(=O)N2.